The van der Waals surface area contributed by atoms with Crippen molar-refractivity contribution in [1.29, 1.82) is 0 Å². The van der Waals surface area contributed by atoms with Crippen molar-refractivity contribution in [3.63, 3.8) is 0 Å². The fourth-order valence-corrected chi connectivity index (χ4v) is 3.56. The van der Waals surface area contributed by atoms with E-state index in [1.807, 2.05) is 0 Å². The number of carboxylic acids is 2. The molecule has 0 radical (unpaired) electrons. The van der Waals surface area contributed by atoms with Crippen LogP contribution in [-0.4, -0.2) is 22.2 Å². The Morgan fingerprint density at radius 2 is 1.39 bits per heavy atom. The average Bonchev–Trinajstić information content (AvgIpc) is 2.33. The van der Waals surface area contributed by atoms with E-state index >= 15 is 0 Å². The molecule has 0 bridgehead atoms. The molecule has 0 saturated carbocycles. The van der Waals surface area contributed by atoms with E-state index in [1.54, 1.807) is 0 Å². The highest BCUT2D eigenvalue weighted by atomic mass is 127. The van der Waals surface area contributed by atoms with Gasteiger partial charge in [-0.2, -0.15) is 26.3 Å². The van der Waals surface area contributed by atoms with E-state index in [1.165, 1.54) is 0 Å². The molecule has 1 aromatic carbocycles. The van der Waals surface area contributed by atoms with Gasteiger partial charge >= 0.3 is 44.1 Å². The minimum Gasteiger partial charge on any atom is -0.478 e. The number of alkyl halides is 6. The summed E-state index contributed by atoms with van der Waals surface area (Å²) in [7, 11) is 0. The number of rotatable bonds is 3. The predicted molar refractivity (Wildman–Crippen MR) is 64.5 cm³/mol. The molecule has 0 atom stereocenters. The zero-order valence-electron chi connectivity index (χ0n) is 10.3. The van der Waals surface area contributed by atoms with Crippen LogP contribution in [-0.2, 0) is 18.5 Å². The molecule has 0 aliphatic carbocycles. The maximum absolute atomic E-state index is 13.0. The van der Waals surface area contributed by atoms with Crippen LogP contribution in [0.3, 0.4) is 0 Å². The summed E-state index contributed by atoms with van der Waals surface area (Å²) in [5.74, 6) is -5.07. The molecular weight excluding hydrogens is 457 g/mol. The van der Waals surface area contributed by atoms with E-state index < -0.39 is 76.0 Å². The second-order valence-corrected chi connectivity index (χ2v) is 6.18. The Kier molecular flexibility index (Phi) is 4.93. The first-order chi connectivity index (χ1) is 10.2. The van der Waals surface area contributed by atoms with Crippen LogP contribution in [0.1, 0.15) is 31.8 Å². The summed E-state index contributed by atoms with van der Waals surface area (Å²) in [6.45, 7) is 0. The van der Waals surface area contributed by atoms with Crippen molar-refractivity contribution in [3.8, 4) is 0 Å². The van der Waals surface area contributed by atoms with Gasteiger partial charge in [-0.25, -0.2) is 15.7 Å². The third-order valence-electron chi connectivity index (χ3n) is 2.45. The number of halogens is 7. The molecule has 6 nitrogen and oxygen atoms in total. The van der Waals surface area contributed by atoms with Crippen LogP contribution in [0, 0.1) is 3.57 Å². The van der Waals surface area contributed by atoms with Crippen LogP contribution in [0.15, 0.2) is 6.07 Å². The lowest BCUT2D eigenvalue weighted by molar-refractivity contribution is -0.144. The van der Waals surface area contributed by atoms with Crippen LogP contribution in [0.4, 0.5) is 26.3 Å². The molecule has 0 aliphatic heterocycles. The molecule has 0 aliphatic rings. The second-order valence-electron chi connectivity index (χ2n) is 3.86. The summed E-state index contributed by atoms with van der Waals surface area (Å²) in [4.78, 5) is 21.7. The van der Waals surface area contributed by atoms with Gasteiger partial charge < -0.3 is 10.2 Å². The molecule has 1 aromatic rings. The summed E-state index contributed by atoms with van der Waals surface area (Å²) < 4.78 is 97.3. The molecule has 0 heterocycles. The Balaban J connectivity index is 4.28. The quantitative estimate of drug-likeness (QED) is 0.529. The van der Waals surface area contributed by atoms with Crippen molar-refractivity contribution in [2.75, 3.05) is 0 Å². The third-order valence-corrected chi connectivity index (χ3v) is 4.45. The molecule has 13 heteroatoms. The molecule has 0 spiro atoms. The van der Waals surface area contributed by atoms with Gasteiger partial charge in [0.05, 0.1) is 22.3 Å². The third kappa shape index (κ3) is 3.70. The summed E-state index contributed by atoms with van der Waals surface area (Å²) >= 11 is -5.33. The van der Waals surface area contributed by atoms with Gasteiger partial charge in [0.25, 0.3) is 0 Å². The average molecular weight is 460 g/mol. The first-order valence-corrected chi connectivity index (χ1v) is 7.90. The molecule has 1 rings (SSSR count). The first kappa shape index (κ1) is 19.1. The van der Waals surface area contributed by atoms with Crippen molar-refractivity contribution in [2.24, 2.45) is 0 Å². The lowest BCUT2D eigenvalue weighted by atomic mass is 9.96. The Bertz CT molecular complexity index is 753. The maximum Gasteiger partial charge on any atom is 0.418 e. The van der Waals surface area contributed by atoms with Gasteiger partial charge in [0.1, 0.15) is 3.57 Å². The van der Waals surface area contributed by atoms with Gasteiger partial charge in [0.2, 0.25) is 0 Å². The van der Waals surface area contributed by atoms with Crippen LogP contribution in [0.2, 0.25) is 0 Å². The van der Waals surface area contributed by atoms with Gasteiger partial charge in [0.15, 0.2) is 0 Å². The van der Waals surface area contributed by atoms with E-state index in [-0.39, 0.29) is 0 Å². The van der Waals surface area contributed by atoms with E-state index in [0.717, 1.165) is 0 Å². The lowest BCUT2D eigenvalue weighted by Gasteiger charge is -2.18. The SMILES string of the molecule is O=C(O)c1cc(C(F)(F)F)c(C(=O)O)c(C(F)(F)F)c1I(=O)=O. The number of benzene rings is 1. The number of carbonyl (C=O) groups is 2. The summed E-state index contributed by atoms with van der Waals surface area (Å²) in [6.07, 6.45) is -11.5. The van der Waals surface area contributed by atoms with E-state index in [4.69, 9.17) is 10.2 Å². The highest BCUT2D eigenvalue weighted by molar-refractivity contribution is 14.2. The second kappa shape index (κ2) is 5.93. The van der Waals surface area contributed by atoms with E-state index in [0.29, 0.717) is 0 Å². The minimum atomic E-state index is -5.83. The smallest absolute Gasteiger partial charge is 0.418 e. The van der Waals surface area contributed by atoms with E-state index in [2.05, 4.69) is 0 Å². The normalized spacial score (nSPS) is 12.5. The molecule has 0 amide bonds. The molecule has 0 saturated heterocycles. The highest BCUT2D eigenvalue weighted by Gasteiger charge is 2.47. The van der Waals surface area contributed by atoms with Crippen molar-refractivity contribution >= 4 is 31.7 Å². The number of hydrogen-bond acceptors (Lipinski definition) is 4. The zero-order chi connectivity index (χ0) is 18.3. The topological polar surface area (TPSA) is 109 Å². The number of hydrogen-bond donors (Lipinski definition) is 2. The highest BCUT2D eigenvalue weighted by Crippen LogP contribution is 2.45. The molecule has 2 N–H and O–H groups in total. The van der Waals surface area contributed by atoms with Crippen molar-refractivity contribution in [2.45, 2.75) is 12.4 Å². The Labute approximate surface area is 128 Å². The molecule has 128 valence electrons. The summed E-state index contributed by atoms with van der Waals surface area (Å²) in [5, 5.41) is 17.4. The standard InChI is InChI=1S/C10H3F6IO6/c11-9(12,13)3-1-2(7(18)19)6(17(22)23)5(10(14,15)16)4(3)8(20)21/h1H,(H,18,19)(H,20,21). The van der Waals surface area contributed by atoms with Gasteiger partial charge in [0, 0.05) is 0 Å². The van der Waals surface area contributed by atoms with Gasteiger partial charge in [-0.3, -0.25) is 0 Å². The lowest BCUT2D eigenvalue weighted by Crippen LogP contribution is -2.24. The van der Waals surface area contributed by atoms with Gasteiger partial charge in [-0.05, 0) is 6.07 Å². The van der Waals surface area contributed by atoms with Crippen LogP contribution in [0.25, 0.3) is 0 Å². The summed E-state index contributed by atoms with van der Waals surface area (Å²) in [5.41, 5.74) is -9.20. The van der Waals surface area contributed by atoms with E-state index in [9.17, 15) is 42.1 Å². The first-order valence-electron chi connectivity index (χ1n) is 5.06. The summed E-state index contributed by atoms with van der Waals surface area (Å²) in [6, 6.07) is -0.434. The van der Waals surface area contributed by atoms with Crippen LogP contribution < -0.4 is 0 Å². The molecular formula is C10H3F6IO6. The Morgan fingerprint density at radius 3 is 1.65 bits per heavy atom. The van der Waals surface area contributed by atoms with Crippen molar-refractivity contribution in [1.82, 2.24) is 0 Å². The van der Waals surface area contributed by atoms with Gasteiger partial charge in [-0.1, -0.05) is 0 Å². The fourth-order valence-electron chi connectivity index (χ4n) is 1.69. The zero-order valence-corrected chi connectivity index (χ0v) is 12.4. The number of carboxylic acid groups (broad SMARTS) is 2. The molecule has 0 unspecified atom stereocenters. The predicted octanol–water partition coefficient (Wildman–Crippen LogP) is 3.49. The fraction of sp³-hybridized carbons (Fsp3) is 0.200. The van der Waals surface area contributed by atoms with Crippen molar-refractivity contribution < 1.29 is 52.3 Å². The van der Waals surface area contributed by atoms with Crippen LogP contribution in [0.5, 0.6) is 0 Å². The Hall–Kier alpha value is -1.93. The molecule has 23 heavy (non-hydrogen) atoms. The maximum atomic E-state index is 13.0. The minimum absolute atomic E-state index is 0.434. The monoisotopic (exact) mass is 460 g/mol. The van der Waals surface area contributed by atoms with Crippen molar-refractivity contribution in [3.05, 3.63) is 31.9 Å². The molecule has 0 fully saturated rings. The Morgan fingerprint density at radius 1 is 0.913 bits per heavy atom. The molecule has 0 aromatic heterocycles. The van der Waals surface area contributed by atoms with Gasteiger partial charge in [-0.15, -0.1) is 0 Å². The number of aromatic carboxylic acids is 2. The largest absolute Gasteiger partial charge is 0.478 e. The van der Waals surface area contributed by atoms with Crippen LogP contribution >= 0.6 is 19.8 Å².